The highest BCUT2D eigenvalue weighted by molar-refractivity contribution is 5.96. The van der Waals surface area contributed by atoms with Gasteiger partial charge in [-0.25, -0.2) is 0 Å². The molecule has 4 rings (SSSR count). The summed E-state index contributed by atoms with van der Waals surface area (Å²) in [4.78, 5) is 34.2. The Morgan fingerprint density at radius 2 is 1.86 bits per heavy atom. The molecule has 42 heavy (non-hydrogen) atoms. The first-order valence-corrected chi connectivity index (χ1v) is 15.1. The number of phenolic OH excluding ortho intramolecular Hbond substituents is 1. The summed E-state index contributed by atoms with van der Waals surface area (Å²) in [5.41, 5.74) is 7.10. The number of Topliss-reactive ketones (excluding diaryl/α,β-unsaturated/α-hetero) is 1. The number of rotatable bonds is 13. The van der Waals surface area contributed by atoms with Gasteiger partial charge in [0.05, 0.1) is 12.1 Å². The third-order valence-electron chi connectivity index (χ3n) is 7.96. The predicted molar refractivity (Wildman–Crippen MR) is 167 cm³/mol. The van der Waals surface area contributed by atoms with E-state index >= 15 is 0 Å². The first-order chi connectivity index (χ1) is 20.4. The lowest BCUT2D eigenvalue weighted by Gasteiger charge is -2.13. The summed E-state index contributed by atoms with van der Waals surface area (Å²) in [6.07, 6.45) is 15.9. The van der Waals surface area contributed by atoms with Crippen LogP contribution in [0.5, 0.6) is 5.75 Å². The Kier molecular flexibility index (Phi) is 11.6. The summed E-state index contributed by atoms with van der Waals surface area (Å²) in [6, 6.07) is 15.0. The van der Waals surface area contributed by atoms with Crippen molar-refractivity contribution in [1.29, 1.82) is 0 Å². The van der Waals surface area contributed by atoms with E-state index in [1.54, 1.807) is 30.5 Å². The quantitative estimate of drug-likeness (QED) is 0.0978. The number of hydrogen-bond donors (Lipinski definition) is 1. The number of esters is 1. The second kappa shape index (κ2) is 15.8. The molecule has 3 aromatic rings. The molecule has 0 aliphatic heterocycles. The zero-order valence-electron chi connectivity index (χ0n) is 24.9. The molecule has 6 nitrogen and oxygen atoms in total. The lowest BCUT2D eigenvalue weighted by atomic mass is 9.93. The minimum atomic E-state index is -0.215. The maximum Gasteiger partial charge on any atom is 0.310 e. The van der Waals surface area contributed by atoms with E-state index in [0.29, 0.717) is 30.7 Å². The van der Waals surface area contributed by atoms with E-state index in [0.717, 1.165) is 72.9 Å². The van der Waals surface area contributed by atoms with E-state index < -0.39 is 0 Å². The average Bonchev–Trinajstić information content (AvgIpc) is 3.24. The summed E-state index contributed by atoms with van der Waals surface area (Å²) >= 11 is 0. The summed E-state index contributed by atoms with van der Waals surface area (Å²) in [7, 11) is 0. The first kappa shape index (κ1) is 30.9. The Hall–Kier alpha value is -4.06. The van der Waals surface area contributed by atoms with Crippen LogP contribution in [0.25, 0.3) is 0 Å². The van der Waals surface area contributed by atoms with Gasteiger partial charge >= 0.3 is 5.97 Å². The van der Waals surface area contributed by atoms with Gasteiger partial charge < -0.3 is 9.84 Å². The Morgan fingerprint density at radius 1 is 1.05 bits per heavy atom. The number of phenols is 1. The molecule has 0 saturated heterocycles. The lowest BCUT2D eigenvalue weighted by Crippen LogP contribution is -2.05. The number of allylic oxidation sites excluding steroid dienone is 1. The topological polar surface area (TPSA) is 88.9 Å². The van der Waals surface area contributed by atoms with Crippen molar-refractivity contribution in [1.82, 2.24) is 4.98 Å². The Balaban J connectivity index is 1.23. The largest absolute Gasteiger partial charge is 0.508 e. The molecule has 0 fully saturated rings. The van der Waals surface area contributed by atoms with Crippen LogP contribution in [0, 0.1) is 5.92 Å². The van der Waals surface area contributed by atoms with Crippen molar-refractivity contribution in [2.75, 3.05) is 0 Å². The van der Waals surface area contributed by atoms with Gasteiger partial charge in [-0.1, -0.05) is 42.8 Å². The second-order valence-corrected chi connectivity index (χ2v) is 11.1. The number of benzene rings is 2. The van der Waals surface area contributed by atoms with Crippen molar-refractivity contribution >= 4 is 23.7 Å². The van der Waals surface area contributed by atoms with Gasteiger partial charge in [-0.3, -0.25) is 19.6 Å². The van der Waals surface area contributed by atoms with Gasteiger partial charge in [0.2, 0.25) is 0 Å². The molecular weight excluding hydrogens is 524 g/mol. The van der Waals surface area contributed by atoms with Gasteiger partial charge in [-0.15, -0.1) is 0 Å². The molecule has 0 spiro atoms. The Bertz CT molecular complexity index is 1410. The summed E-state index contributed by atoms with van der Waals surface area (Å²) in [5, 5.41) is 9.39. The predicted octanol–water partition coefficient (Wildman–Crippen LogP) is 8.07. The van der Waals surface area contributed by atoms with E-state index in [-0.39, 0.29) is 24.1 Å². The van der Waals surface area contributed by atoms with E-state index in [9.17, 15) is 14.7 Å². The number of carbonyl (C=O) groups is 2. The molecule has 1 aliphatic carbocycles. The van der Waals surface area contributed by atoms with Crippen LogP contribution >= 0.6 is 0 Å². The van der Waals surface area contributed by atoms with Crippen LogP contribution in [-0.2, 0) is 35.4 Å². The monoisotopic (exact) mass is 566 g/mol. The summed E-state index contributed by atoms with van der Waals surface area (Å²) in [5.74, 6) is 0.639. The van der Waals surface area contributed by atoms with E-state index in [1.165, 1.54) is 5.56 Å². The molecule has 2 aromatic carbocycles. The Morgan fingerprint density at radius 3 is 2.64 bits per heavy atom. The fourth-order valence-electron chi connectivity index (χ4n) is 5.46. The number of aromatic hydroxyl groups is 1. The van der Waals surface area contributed by atoms with Crippen LogP contribution in [0.1, 0.15) is 91.4 Å². The number of carbonyl (C=O) groups excluding carboxylic acids is 2. The van der Waals surface area contributed by atoms with Crippen molar-refractivity contribution in [2.24, 2.45) is 10.9 Å². The van der Waals surface area contributed by atoms with Crippen LogP contribution in [0.2, 0.25) is 0 Å². The zero-order valence-corrected chi connectivity index (χ0v) is 24.9. The number of aliphatic imine (C=N–C) groups is 1. The molecule has 1 N–H and O–H groups in total. The highest BCUT2D eigenvalue weighted by Gasteiger charge is 2.16. The van der Waals surface area contributed by atoms with E-state index in [4.69, 9.17) is 4.74 Å². The molecule has 1 atom stereocenters. The van der Waals surface area contributed by atoms with Gasteiger partial charge in [0.15, 0.2) is 5.78 Å². The van der Waals surface area contributed by atoms with E-state index in [1.807, 2.05) is 25.4 Å². The molecule has 1 aliphatic rings. The van der Waals surface area contributed by atoms with Gasteiger partial charge in [0.1, 0.15) is 12.4 Å². The maximum absolute atomic E-state index is 13.0. The molecule has 0 saturated carbocycles. The normalized spacial score (nSPS) is 15.3. The summed E-state index contributed by atoms with van der Waals surface area (Å²) in [6.45, 7) is 4.26. The number of nitrogens with zero attached hydrogens (tertiary/aromatic N) is 2. The van der Waals surface area contributed by atoms with E-state index in [2.05, 4.69) is 41.2 Å². The first-order valence-electron chi connectivity index (χ1n) is 15.1. The molecule has 6 heteroatoms. The van der Waals surface area contributed by atoms with Crippen LogP contribution in [-0.4, -0.2) is 28.1 Å². The number of aryl methyl sites for hydroxylation is 3. The molecule has 0 bridgehead atoms. The number of hydrogen-bond acceptors (Lipinski definition) is 6. The zero-order chi connectivity index (χ0) is 29.7. The highest BCUT2D eigenvalue weighted by atomic mass is 16.5. The molecule has 0 amide bonds. The third kappa shape index (κ3) is 9.51. The van der Waals surface area contributed by atoms with Crippen molar-refractivity contribution in [2.45, 2.75) is 84.7 Å². The fraction of sp³-hybridized carbons (Fsp3) is 0.389. The van der Waals surface area contributed by atoms with Crippen LogP contribution in [0.3, 0.4) is 0 Å². The smallest absolute Gasteiger partial charge is 0.310 e. The molecule has 1 heterocycles. The van der Waals surface area contributed by atoms with Gasteiger partial charge in [-0.2, -0.15) is 0 Å². The maximum atomic E-state index is 13.0. The van der Waals surface area contributed by atoms with Crippen molar-refractivity contribution in [3.05, 3.63) is 100 Å². The highest BCUT2D eigenvalue weighted by Crippen LogP contribution is 2.28. The fourth-order valence-corrected chi connectivity index (χ4v) is 5.46. The number of ketones is 1. The second-order valence-electron chi connectivity index (χ2n) is 11.1. The minimum absolute atomic E-state index is 0.115. The molecule has 1 aromatic heterocycles. The average molecular weight is 567 g/mol. The van der Waals surface area contributed by atoms with Gasteiger partial charge in [0, 0.05) is 30.6 Å². The molecular formula is C36H42N2O4. The van der Waals surface area contributed by atoms with Crippen LogP contribution < -0.4 is 0 Å². The van der Waals surface area contributed by atoms with Crippen LogP contribution in [0.4, 0.5) is 5.69 Å². The number of pyridine rings is 1. The SMILES string of the molecule is CC=Nc1cc(CCC(=O)c2cncc(CCC3CC=C(CC(=O)OCc4ccc(O)cc4)CCC3)c2)ccc1CC. The summed E-state index contributed by atoms with van der Waals surface area (Å²) < 4.78 is 5.44. The van der Waals surface area contributed by atoms with Crippen molar-refractivity contribution in [3.8, 4) is 5.75 Å². The van der Waals surface area contributed by atoms with Gasteiger partial charge in [-0.05, 0) is 111 Å². The minimum Gasteiger partial charge on any atom is -0.508 e. The molecule has 220 valence electrons. The molecule has 0 radical (unpaired) electrons. The number of aromatic nitrogens is 1. The van der Waals surface area contributed by atoms with Crippen molar-refractivity contribution in [3.63, 3.8) is 0 Å². The number of ether oxygens (including phenoxy) is 1. The lowest BCUT2D eigenvalue weighted by molar-refractivity contribution is -0.144. The van der Waals surface area contributed by atoms with Gasteiger partial charge in [0.25, 0.3) is 0 Å². The third-order valence-corrected chi connectivity index (χ3v) is 7.96. The van der Waals surface area contributed by atoms with Crippen molar-refractivity contribution < 1.29 is 19.4 Å². The Labute approximate surface area is 249 Å². The standard InChI is InChI=1S/C36H42N2O4/c1-3-31-16-12-28(21-34(31)38-4-2)15-19-35(40)32-20-30(23-37-24-32)11-9-26-6-5-7-27(10-8-26)22-36(41)42-25-29-13-17-33(39)18-14-29/h4,10,12-14,16-18,20-21,23-24,26,39H,3,5-9,11,15,19,22,25H2,1-2H3. The van der Waals surface area contributed by atoms with Crippen LogP contribution in [0.15, 0.2) is 77.6 Å². The molecule has 1 unspecified atom stereocenters.